The highest BCUT2D eigenvalue weighted by Gasteiger charge is 2.23. The second kappa shape index (κ2) is 8.42. The third-order valence-electron chi connectivity index (χ3n) is 5.02. The number of halogens is 1. The van der Waals surface area contributed by atoms with Crippen LogP contribution in [0, 0.1) is 6.92 Å². The number of likely N-dealkylation sites (tertiary alicyclic amines) is 1. The smallest absolute Gasteiger partial charge is 0.121 e. The number of rotatable bonds is 6. The molecule has 0 atom stereocenters. The van der Waals surface area contributed by atoms with Crippen LogP contribution < -0.4 is 5.32 Å². The summed E-state index contributed by atoms with van der Waals surface area (Å²) in [5.74, 6) is 1.50. The van der Waals surface area contributed by atoms with E-state index in [2.05, 4.69) is 49.7 Å². The molecule has 1 aliphatic rings. The zero-order valence-corrected chi connectivity index (χ0v) is 17.0. The lowest BCUT2D eigenvalue weighted by molar-refractivity contribution is 0.201. The van der Waals surface area contributed by atoms with Crippen molar-refractivity contribution in [2.45, 2.75) is 38.8 Å². The van der Waals surface area contributed by atoms with E-state index in [-0.39, 0.29) is 0 Å². The highest BCUT2D eigenvalue weighted by atomic mass is 35.5. The van der Waals surface area contributed by atoms with Crippen molar-refractivity contribution in [1.29, 1.82) is 0 Å². The topological polar surface area (TPSA) is 56.8 Å². The number of aryl methyl sites for hydroxylation is 1. The molecule has 0 aromatic carbocycles. The first-order valence-electron chi connectivity index (χ1n) is 9.34. The highest BCUT2D eigenvalue weighted by molar-refractivity contribution is 7.16. The number of aromatic amines is 1. The molecule has 1 saturated heterocycles. The first-order valence-corrected chi connectivity index (χ1v) is 10.5. The molecule has 7 heteroatoms. The maximum atomic E-state index is 5.98. The van der Waals surface area contributed by atoms with Crippen molar-refractivity contribution in [3.05, 3.63) is 62.7 Å². The number of thiophene rings is 1. The fourth-order valence-corrected chi connectivity index (χ4v) is 4.60. The van der Waals surface area contributed by atoms with Crippen molar-refractivity contribution in [2.24, 2.45) is 0 Å². The van der Waals surface area contributed by atoms with Crippen LogP contribution in [0.1, 0.15) is 40.7 Å². The van der Waals surface area contributed by atoms with E-state index in [1.54, 1.807) is 11.3 Å². The SMILES string of the molecule is Cc1cccc(CN2CCC(c3cc(NCc4ccc(Cl)s4)[nH]n3)CC2)n1. The third-order valence-corrected chi connectivity index (χ3v) is 6.25. The Morgan fingerprint density at radius 1 is 1.26 bits per heavy atom. The number of pyridine rings is 1. The van der Waals surface area contributed by atoms with E-state index >= 15 is 0 Å². The Morgan fingerprint density at radius 3 is 2.85 bits per heavy atom. The molecule has 0 amide bonds. The van der Waals surface area contributed by atoms with E-state index in [0.717, 1.165) is 66.3 Å². The molecule has 0 bridgehead atoms. The Morgan fingerprint density at radius 2 is 2.11 bits per heavy atom. The van der Waals surface area contributed by atoms with Crippen molar-refractivity contribution in [3.63, 3.8) is 0 Å². The molecule has 0 aliphatic carbocycles. The summed E-state index contributed by atoms with van der Waals surface area (Å²) in [5.41, 5.74) is 3.41. The molecule has 3 aromatic heterocycles. The summed E-state index contributed by atoms with van der Waals surface area (Å²) in [4.78, 5) is 8.33. The molecule has 27 heavy (non-hydrogen) atoms. The number of hydrogen-bond donors (Lipinski definition) is 2. The number of H-pyrrole nitrogens is 1. The predicted molar refractivity (Wildman–Crippen MR) is 111 cm³/mol. The van der Waals surface area contributed by atoms with Crippen molar-refractivity contribution in [3.8, 4) is 0 Å². The first-order chi connectivity index (χ1) is 13.2. The van der Waals surface area contributed by atoms with Gasteiger partial charge in [-0.15, -0.1) is 11.3 Å². The molecular formula is C20H24ClN5S. The van der Waals surface area contributed by atoms with Gasteiger partial charge in [0.05, 0.1) is 22.3 Å². The molecule has 5 nitrogen and oxygen atoms in total. The van der Waals surface area contributed by atoms with Crippen LogP contribution in [0.4, 0.5) is 5.82 Å². The second-order valence-corrected chi connectivity index (χ2v) is 8.89. The molecule has 0 spiro atoms. The number of nitrogens with one attached hydrogen (secondary N) is 2. The lowest BCUT2D eigenvalue weighted by Gasteiger charge is -2.30. The standard InChI is InChI=1S/C20H24ClN5S/c1-14-3-2-4-16(23-14)13-26-9-7-15(8-10-26)18-11-20(25-24-18)22-12-17-5-6-19(21)27-17/h2-6,11,15H,7-10,12-13H2,1H3,(H2,22,24,25). The summed E-state index contributed by atoms with van der Waals surface area (Å²) in [6, 6.07) is 12.4. The Hall–Kier alpha value is -1.89. The number of piperidine rings is 1. The van der Waals surface area contributed by atoms with E-state index in [1.165, 1.54) is 4.88 Å². The van der Waals surface area contributed by atoms with E-state index < -0.39 is 0 Å². The van der Waals surface area contributed by atoms with E-state index in [1.807, 2.05) is 19.1 Å². The molecule has 4 heterocycles. The van der Waals surface area contributed by atoms with Crippen LogP contribution >= 0.6 is 22.9 Å². The predicted octanol–water partition coefficient (Wildman–Crippen LogP) is 4.82. The van der Waals surface area contributed by atoms with Gasteiger partial charge in [-0.05, 0) is 57.1 Å². The number of nitrogens with zero attached hydrogens (tertiary/aromatic N) is 3. The summed E-state index contributed by atoms with van der Waals surface area (Å²) in [7, 11) is 0. The van der Waals surface area contributed by atoms with Gasteiger partial charge in [0.15, 0.2) is 0 Å². The molecule has 0 saturated carbocycles. The van der Waals surface area contributed by atoms with Crippen molar-refractivity contribution >= 4 is 28.8 Å². The van der Waals surface area contributed by atoms with Gasteiger partial charge in [-0.1, -0.05) is 17.7 Å². The van der Waals surface area contributed by atoms with Gasteiger partial charge in [0, 0.05) is 29.1 Å². The largest absolute Gasteiger partial charge is 0.366 e. The summed E-state index contributed by atoms with van der Waals surface area (Å²) in [5, 5.41) is 11.1. The summed E-state index contributed by atoms with van der Waals surface area (Å²) in [6.45, 7) is 5.92. The van der Waals surface area contributed by atoms with Crippen molar-refractivity contribution in [2.75, 3.05) is 18.4 Å². The normalized spacial score (nSPS) is 15.9. The molecule has 4 rings (SSSR count). The van der Waals surface area contributed by atoms with Crippen LogP contribution in [0.5, 0.6) is 0 Å². The molecule has 2 N–H and O–H groups in total. The molecule has 142 valence electrons. The third kappa shape index (κ3) is 4.89. The first kappa shape index (κ1) is 18.5. The Balaban J connectivity index is 1.27. The van der Waals surface area contributed by atoms with Crippen molar-refractivity contribution < 1.29 is 0 Å². The van der Waals surface area contributed by atoms with Gasteiger partial charge in [-0.2, -0.15) is 5.10 Å². The monoisotopic (exact) mass is 401 g/mol. The average molecular weight is 402 g/mol. The highest BCUT2D eigenvalue weighted by Crippen LogP contribution is 2.29. The van der Waals surface area contributed by atoms with Gasteiger partial charge in [-0.25, -0.2) is 0 Å². The molecule has 3 aromatic rings. The van der Waals surface area contributed by atoms with Crippen LogP contribution in [0.3, 0.4) is 0 Å². The molecule has 0 unspecified atom stereocenters. The zero-order valence-electron chi connectivity index (χ0n) is 15.4. The van der Waals surface area contributed by atoms with E-state index in [0.29, 0.717) is 5.92 Å². The molecule has 1 fully saturated rings. The van der Waals surface area contributed by atoms with Gasteiger partial charge >= 0.3 is 0 Å². The lowest BCUT2D eigenvalue weighted by Crippen LogP contribution is -2.32. The fraction of sp³-hybridized carbons (Fsp3) is 0.400. The van der Waals surface area contributed by atoms with Crippen LogP contribution in [-0.2, 0) is 13.1 Å². The lowest BCUT2D eigenvalue weighted by atomic mass is 9.93. The maximum Gasteiger partial charge on any atom is 0.121 e. The van der Waals surface area contributed by atoms with Gasteiger partial charge in [0.1, 0.15) is 5.82 Å². The van der Waals surface area contributed by atoms with E-state index in [9.17, 15) is 0 Å². The summed E-state index contributed by atoms with van der Waals surface area (Å²) in [6.07, 6.45) is 2.27. The van der Waals surface area contributed by atoms with Gasteiger partial charge in [0.25, 0.3) is 0 Å². The minimum absolute atomic E-state index is 0.523. The van der Waals surface area contributed by atoms with Crippen LogP contribution in [0.25, 0.3) is 0 Å². The summed E-state index contributed by atoms with van der Waals surface area (Å²) < 4.78 is 0.824. The van der Waals surface area contributed by atoms with Crippen molar-refractivity contribution in [1.82, 2.24) is 20.1 Å². The van der Waals surface area contributed by atoms with E-state index in [4.69, 9.17) is 11.6 Å². The van der Waals surface area contributed by atoms with Crippen LogP contribution in [0.2, 0.25) is 4.34 Å². The average Bonchev–Trinajstić information content (AvgIpc) is 3.30. The number of anilines is 1. The van der Waals surface area contributed by atoms with Crippen LogP contribution in [0.15, 0.2) is 36.4 Å². The Labute approximate surface area is 168 Å². The molecule has 1 aliphatic heterocycles. The number of aromatic nitrogens is 3. The van der Waals surface area contributed by atoms with Gasteiger partial charge < -0.3 is 5.32 Å². The Bertz CT molecular complexity index is 882. The minimum Gasteiger partial charge on any atom is -0.366 e. The van der Waals surface area contributed by atoms with Gasteiger partial charge in [-0.3, -0.25) is 15.0 Å². The van der Waals surface area contributed by atoms with Gasteiger partial charge in [0.2, 0.25) is 0 Å². The minimum atomic E-state index is 0.523. The molecule has 0 radical (unpaired) electrons. The Kier molecular flexibility index (Phi) is 5.76. The summed E-state index contributed by atoms with van der Waals surface area (Å²) >= 11 is 7.58. The quantitative estimate of drug-likeness (QED) is 0.621. The fourth-order valence-electron chi connectivity index (χ4n) is 3.57. The number of hydrogen-bond acceptors (Lipinski definition) is 5. The molecular weight excluding hydrogens is 378 g/mol. The second-order valence-electron chi connectivity index (χ2n) is 7.09. The maximum absolute atomic E-state index is 5.98. The zero-order chi connectivity index (χ0) is 18.6. The van der Waals surface area contributed by atoms with Crippen LogP contribution in [-0.4, -0.2) is 33.2 Å².